The number of carbonyl (C=O) groups is 2. The normalized spacial score (nSPS) is 21.0. The van der Waals surface area contributed by atoms with Crippen LogP contribution in [0.15, 0.2) is 23.1 Å². The molecule has 0 N–H and O–H groups in total. The molecule has 2 saturated heterocycles. The zero-order valence-electron chi connectivity index (χ0n) is 18.5. The lowest BCUT2D eigenvalue weighted by Gasteiger charge is -2.37. The molecule has 2 aliphatic heterocycles. The Bertz CT molecular complexity index is 909. The van der Waals surface area contributed by atoms with Gasteiger partial charge in [-0.25, -0.2) is 8.42 Å². The Morgan fingerprint density at radius 2 is 1.81 bits per heavy atom. The van der Waals surface area contributed by atoms with E-state index in [2.05, 4.69) is 0 Å². The molecule has 0 aliphatic carbocycles. The van der Waals surface area contributed by atoms with Crippen molar-refractivity contribution in [1.82, 2.24) is 9.21 Å². The van der Waals surface area contributed by atoms with Gasteiger partial charge in [-0.15, -0.1) is 0 Å². The SMILES string of the molecule is CCOC(=O)C1CCN(C(=O)[C@@H]2CCCN(S(=O)(=O)c3ccc(OC)c(C)c3)C2)CC1. The van der Waals surface area contributed by atoms with Crippen LogP contribution in [0.25, 0.3) is 0 Å². The largest absolute Gasteiger partial charge is 0.496 e. The van der Waals surface area contributed by atoms with Crippen molar-refractivity contribution >= 4 is 21.9 Å². The smallest absolute Gasteiger partial charge is 0.309 e. The standard InChI is InChI=1S/C22H32N2O6S/c1-4-30-22(26)17-9-12-23(13-10-17)21(25)18-6-5-11-24(15-18)31(27,28)19-7-8-20(29-3)16(2)14-19/h7-8,14,17-18H,4-6,9-13,15H2,1-3H3/t18-/m1/s1. The number of ether oxygens (including phenoxy) is 2. The van der Waals surface area contributed by atoms with Gasteiger partial charge in [-0.3, -0.25) is 9.59 Å². The molecule has 0 bridgehead atoms. The molecule has 1 amide bonds. The molecule has 2 fully saturated rings. The number of methoxy groups -OCH3 is 1. The summed E-state index contributed by atoms with van der Waals surface area (Å²) in [7, 11) is -2.14. The molecule has 0 aromatic heterocycles. The molecule has 0 radical (unpaired) electrons. The van der Waals surface area contributed by atoms with Gasteiger partial charge in [0.15, 0.2) is 0 Å². The molecule has 3 rings (SSSR count). The molecule has 31 heavy (non-hydrogen) atoms. The summed E-state index contributed by atoms with van der Waals surface area (Å²) < 4.78 is 38.1. The van der Waals surface area contributed by atoms with Crippen LogP contribution in [0, 0.1) is 18.8 Å². The van der Waals surface area contributed by atoms with Crippen LogP contribution in [0.2, 0.25) is 0 Å². The quantitative estimate of drug-likeness (QED) is 0.615. The fourth-order valence-corrected chi connectivity index (χ4v) is 5.99. The van der Waals surface area contributed by atoms with Crippen molar-refractivity contribution in [2.45, 2.75) is 44.4 Å². The predicted molar refractivity (Wildman–Crippen MR) is 115 cm³/mol. The van der Waals surface area contributed by atoms with Crippen molar-refractivity contribution in [3.63, 3.8) is 0 Å². The third-order valence-electron chi connectivity index (χ3n) is 6.16. The highest BCUT2D eigenvalue weighted by Crippen LogP contribution is 2.29. The van der Waals surface area contributed by atoms with Gasteiger partial charge < -0.3 is 14.4 Å². The second-order valence-corrected chi connectivity index (χ2v) is 10.1. The van der Waals surface area contributed by atoms with Crippen LogP contribution in [-0.2, 0) is 24.3 Å². The first-order valence-corrected chi connectivity index (χ1v) is 12.3. The third-order valence-corrected chi connectivity index (χ3v) is 8.03. The maximum Gasteiger partial charge on any atom is 0.309 e. The number of likely N-dealkylation sites (tertiary alicyclic amines) is 1. The monoisotopic (exact) mass is 452 g/mol. The molecule has 172 valence electrons. The fourth-order valence-electron chi connectivity index (χ4n) is 4.38. The Kier molecular flexibility index (Phi) is 7.59. The minimum atomic E-state index is -3.69. The number of esters is 1. The van der Waals surface area contributed by atoms with Crippen LogP contribution in [0.4, 0.5) is 0 Å². The van der Waals surface area contributed by atoms with Gasteiger partial charge in [-0.05, 0) is 63.3 Å². The van der Waals surface area contributed by atoms with Crippen molar-refractivity contribution in [1.29, 1.82) is 0 Å². The van der Waals surface area contributed by atoms with Crippen LogP contribution in [0.3, 0.4) is 0 Å². The van der Waals surface area contributed by atoms with Crippen molar-refractivity contribution in [3.05, 3.63) is 23.8 Å². The van der Waals surface area contributed by atoms with Crippen molar-refractivity contribution < 1.29 is 27.5 Å². The second-order valence-electron chi connectivity index (χ2n) is 8.19. The molecule has 2 aliphatic rings. The topological polar surface area (TPSA) is 93.2 Å². The molecular weight excluding hydrogens is 420 g/mol. The highest BCUT2D eigenvalue weighted by molar-refractivity contribution is 7.89. The molecule has 9 heteroatoms. The minimum Gasteiger partial charge on any atom is -0.496 e. The van der Waals surface area contributed by atoms with E-state index in [1.807, 2.05) is 0 Å². The number of sulfonamides is 1. The first kappa shape index (κ1) is 23.5. The summed E-state index contributed by atoms with van der Waals surface area (Å²) in [4.78, 5) is 27.0. The van der Waals surface area contributed by atoms with Gasteiger partial charge in [0.1, 0.15) is 5.75 Å². The maximum absolute atomic E-state index is 13.2. The van der Waals surface area contributed by atoms with E-state index in [0.29, 0.717) is 57.7 Å². The summed E-state index contributed by atoms with van der Waals surface area (Å²) in [6.07, 6.45) is 2.49. The number of aryl methyl sites for hydroxylation is 1. The van der Waals surface area contributed by atoms with Gasteiger partial charge in [0, 0.05) is 26.2 Å². The third kappa shape index (κ3) is 5.20. The number of carbonyl (C=O) groups excluding carboxylic acids is 2. The van der Waals surface area contributed by atoms with Gasteiger partial charge in [0.25, 0.3) is 0 Å². The van der Waals surface area contributed by atoms with Gasteiger partial charge >= 0.3 is 5.97 Å². The van der Waals surface area contributed by atoms with Crippen LogP contribution in [0.1, 0.15) is 38.2 Å². The molecule has 1 aromatic carbocycles. The summed E-state index contributed by atoms with van der Waals surface area (Å²) in [6, 6.07) is 4.81. The van der Waals surface area contributed by atoms with Gasteiger partial charge in [-0.1, -0.05) is 0 Å². The molecule has 0 saturated carbocycles. The molecule has 2 heterocycles. The highest BCUT2D eigenvalue weighted by Gasteiger charge is 2.37. The van der Waals surface area contributed by atoms with Crippen molar-refractivity contribution in [3.8, 4) is 5.75 Å². The summed E-state index contributed by atoms with van der Waals surface area (Å²) in [5.74, 6) is -0.100. The number of hydrogen-bond acceptors (Lipinski definition) is 6. The second kappa shape index (κ2) is 9.99. The van der Waals surface area contributed by atoms with Crippen molar-refractivity contribution in [2.75, 3.05) is 39.9 Å². The Balaban J connectivity index is 1.64. The molecule has 1 atom stereocenters. The van der Waals surface area contributed by atoms with E-state index in [4.69, 9.17) is 9.47 Å². The van der Waals surface area contributed by atoms with Gasteiger partial charge in [0.2, 0.25) is 15.9 Å². The average Bonchev–Trinajstić information content (AvgIpc) is 2.79. The van der Waals surface area contributed by atoms with E-state index < -0.39 is 10.0 Å². The number of hydrogen-bond donors (Lipinski definition) is 0. The number of piperidine rings is 2. The van der Waals surface area contributed by atoms with E-state index in [1.54, 1.807) is 44.1 Å². The van der Waals surface area contributed by atoms with E-state index in [0.717, 1.165) is 5.56 Å². The van der Waals surface area contributed by atoms with Crippen LogP contribution >= 0.6 is 0 Å². The van der Waals surface area contributed by atoms with E-state index in [1.165, 1.54) is 4.31 Å². The summed E-state index contributed by atoms with van der Waals surface area (Å²) >= 11 is 0. The zero-order valence-corrected chi connectivity index (χ0v) is 19.3. The van der Waals surface area contributed by atoms with Crippen LogP contribution in [-0.4, -0.2) is 69.4 Å². The number of benzene rings is 1. The Hall–Kier alpha value is -2.13. The lowest BCUT2D eigenvalue weighted by atomic mass is 9.93. The molecule has 0 unspecified atom stereocenters. The lowest BCUT2D eigenvalue weighted by Crippen LogP contribution is -2.49. The fraction of sp³-hybridized carbons (Fsp3) is 0.636. The van der Waals surface area contributed by atoms with Gasteiger partial charge in [-0.2, -0.15) is 4.31 Å². The number of nitrogens with zero attached hydrogens (tertiary/aromatic N) is 2. The lowest BCUT2D eigenvalue weighted by molar-refractivity contribution is -0.152. The number of amides is 1. The maximum atomic E-state index is 13.2. The van der Waals surface area contributed by atoms with E-state index >= 15 is 0 Å². The van der Waals surface area contributed by atoms with E-state index in [9.17, 15) is 18.0 Å². The summed E-state index contributed by atoms with van der Waals surface area (Å²) in [5.41, 5.74) is 0.748. The van der Waals surface area contributed by atoms with Crippen LogP contribution < -0.4 is 4.74 Å². The van der Waals surface area contributed by atoms with Crippen molar-refractivity contribution in [2.24, 2.45) is 11.8 Å². The Morgan fingerprint density at radius 3 is 2.42 bits per heavy atom. The van der Waals surface area contributed by atoms with E-state index in [-0.39, 0.29) is 35.2 Å². The Labute approximate surface area is 184 Å². The predicted octanol–water partition coefficient (Wildman–Crippen LogP) is 2.21. The average molecular weight is 453 g/mol. The first-order chi connectivity index (χ1) is 14.8. The molecule has 0 spiro atoms. The van der Waals surface area contributed by atoms with Gasteiger partial charge in [0.05, 0.1) is 30.4 Å². The molecule has 8 nitrogen and oxygen atoms in total. The summed E-state index contributed by atoms with van der Waals surface area (Å²) in [6.45, 7) is 5.55. The minimum absolute atomic E-state index is 0.0203. The highest BCUT2D eigenvalue weighted by atomic mass is 32.2. The molecular formula is C22H32N2O6S. The summed E-state index contributed by atoms with van der Waals surface area (Å²) in [5, 5.41) is 0. The first-order valence-electron chi connectivity index (χ1n) is 10.9. The zero-order chi connectivity index (χ0) is 22.6. The number of rotatable bonds is 6. The molecule has 1 aromatic rings. The Morgan fingerprint density at radius 1 is 1.10 bits per heavy atom. The van der Waals surface area contributed by atoms with Crippen LogP contribution in [0.5, 0.6) is 5.75 Å².